The predicted molar refractivity (Wildman–Crippen MR) is 81.1 cm³/mol. The summed E-state index contributed by atoms with van der Waals surface area (Å²) in [7, 11) is 0. The van der Waals surface area contributed by atoms with Gasteiger partial charge < -0.3 is 5.32 Å². The number of nitrogens with zero attached hydrogens (tertiary/aromatic N) is 3. The molecule has 1 aliphatic carbocycles. The first-order valence-electron chi connectivity index (χ1n) is 7.58. The quantitative estimate of drug-likeness (QED) is 0.878. The number of aromatic nitrogens is 3. The Bertz CT molecular complexity index is 659. The number of rotatable bonds is 4. The zero-order valence-electron chi connectivity index (χ0n) is 12.1. The summed E-state index contributed by atoms with van der Waals surface area (Å²) in [4.78, 5) is 16.3. The number of amides is 1. The zero-order valence-corrected chi connectivity index (χ0v) is 12.1. The maximum absolute atomic E-state index is 12.2. The summed E-state index contributed by atoms with van der Waals surface area (Å²) in [5.41, 5.74) is 2.80. The fourth-order valence-electron chi connectivity index (χ4n) is 2.75. The first-order chi connectivity index (χ1) is 10.3. The second-order valence-electron chi connectivity index (χ2n) is 5.43. The molecule has 2 heterocycles. The molecule has 0 radical (unpaired) electrons. The highest BCUT2D eigenvalue weighted by molar-refractivity contribution is 6.00. The van der Waals surface area contributed by atoms with Crippen LogP contribution >= 0.6 is 0 Å². The Morgan fingerprint density at radius 1 is 1.29 bits per heavy atom. The minimum atomic E-state index is -0.0766. The Kier molecular flexibility index (Phi) is 4.28. The van der Waals surface area contributed by atoms with Gasteiger partial charge in [-0.25, -0.2) is 4.52 Å². The van der Waals surface area contributed by atoms with E-state index in [1.54, 1.807) is 29.3 Å². The minimum absolute atomic E-state index is 0.0766. The molecule has 0 spiro atoms. The highest BCUT2D eigenvalue weighted by atomic mass is 16.1. The first-order valence-corrected chi connectivity index (χ1v) is 7.58. The van der Waals surface area contributed by atoms with Gasteiger partial charge in [-0.3, -0.25) is 9.78 Å². The summed E-state index contributed by atoms with van der Waals surface area (Å²) in [6.07, 6.45) is 16.2. The molecule has 0 bridgehead atoms. The fraction of sp³-hybridized carbons (Fsp3) is 0.438. The van der Waals surface area contributed by atoms with Crippen LogP contribution in [0, 0.1) is 0 Å². The lowest BCUT2D eigenvalue weighted by Crippen LogP contribution is -2.24. The summed E-state index contributed by atoms with van der Waals surface area (Å²) < 4.78 is 1.66. The summed E-state index contributed by atoms with van der Waals surface area (Å²) in [5.74, 6) is -0.0766. The van der Waals surface area contributed by atoms with Crippen molar-refractivity contribution in [2.45, 2.75) is 38.5 Å². The minimum Gasteiger partial charge on any atom is -0.352 e. The number of fused-ring (bicyclic) bond motifs is 1. The van der Waals surface area contributed by atoms with Crippen LogP contribution in [0.3, 0.4) is 0 Å². The lowest BCUT2D eigenvalue weighted by atomic mass is 10.1. The number of nitrogens with one attached hydrogen (secondary N) is 1. The Balaban J connectivity index is 1.58. The van der Waals surface area contributed by atoms with E-state index in [-0.39, 0.29) is 5.91 Å². The molecule has 1 aliphatic rings. The molecule has 0 saturated heterocycles. The Labute approximate surface area is 124 Å². The molecule has 3 rings (SSSR count). The molecule has 110 valence electrons. The number of carbonyl (C=O) groups excluding carboxylic acids is 1. The highest BCUT2D eigenvalue weighted by Gasteiger charge is 2.12. The summed E-state index contributed by atoms with van der Waals surface area (Å²) in [5, 5.41) is 7.14. The van der Waals surface area contributed by atoms with Gasteiger partial charge in [0.05, 0.1) is 23.5 Å². The standard InChI is InChI=1S/C16H20N4O/c21-16(14-11-19-20-10-9-17-12-15(14)20)18-8-7-13-5-3-1-2-4-6-13/h5,9-12H,1-4,6-8H2,(H,18,21). The summed E-state index contributed by atoms with van der Waals surface area (Å²) >= 11 is 0. The van der Waals surface area contributed by atoms with Crippen molar-refractivity contribution in [3.8, 4) is 0 Å². The monoisotopic (exact) mass is 284 g/mol. The van der Waals surface area contributed by atoms with Crippen LogP contribution in [0.25, 0.3) is 5.52 Å². The number of hydrogen-bond acceptors (Lipinski definition) is 3. The highest BCUT2D eigenvalue weighted by Crippen LogP contribution is 2.19. The second-order valence-corrected chi connectivity index (χ2v) is 5.43. The van der Waals surface area contributed by atoms with E-state index < -0.39 is 0 Å². The number of allylic oxidation sites excluding steroid dienone is 1. The molecule has 0 aromatic carbocycles. The van der Waals surface area contributed by atoms with Crippen molar-refractivity contribution in [2.24, 2.45) is 0 Å². The molecule has 0 aliphatic heterocycles. The van der Waals surface area contributed by atoms with Crippen molar-refractivity contribution >= 4 is 11.4 Å². The molecule has 0 atom stereocenters. The molecule has 0 fully saturated rings. The van der Waals surface area contributed by atoms with Crippen LogP contribution in [0.15, 0.2) is 36.4 Å². The van der Waals surface area contributed by atoms with Gasteiger partial charge in [0.15, 0.2) is 0 Å². The van der Waals surface area contributed by atoms with Crippen LogP contribution in [0.1, 0.15) is 48.9 Å². The van der Waals surface area contributed by atoms with E-state index >= 15 is 0 Å². The van der Waals surface area contributed by atoms with E-state index in [1.165, 1.54) is 37.7 Å². The molecular formula is C16H20N4O. The maximum Gasteiger partial charge on any atom is 0.255 e. The van der Waals surface area contributed by atoms with E-state index in [0.29, 0.717) is 12.1 Å². The van der Waals surface area contributed by atoms with Gasteiger partial charge in [0.1, 0.15) is 0 Å². The molecule has 2 aromatic rings. The van der Waals surface area contributed by atoms with Crippen molar-refractivity contribution in [1.29, 1.82) is 0 Å². The van der Waals surface area contributed by atoms with Crippen molar-refractivity contribution in [2.75, 3.05) is 6.54 Å². The Morgan fingerprint density at radius 3 is 3.19 bits per heavy atom. The maximum atomic E-state index is 12.2. The van der Waals surface area contributed by atoms with Gasteiger partial charge in [-0.15, -0.1) is 0 Å². The smallest absolute Gasteiger partial charge is 0.255 e. The average molecular weight is 284 g/mol. The molecule has 1 amide bonds. The SMILES string of the molecule is O=C(NCCC1=CCCCCC1)c1cnn2ccncc12. The van der Waals surface area contributed by atoms with Crippen LogP contribution in [-0.2, 0) is 0 Å². The molecule has 0 unspecified atom stereocenters. The zero-order chi connectivity index (χ0) is 14.5. The molecule has 2 aromatic heterocycles. The summed E-state index contributed by atoms with van der Waals surface area (Å²) in [6.45, 7) is 0.683. The van der Waals surface area contributed by atoms with Crippen molar-refractivity contribution < 1.29 is 4.79 Å². The van der Waals surface area contributed by atoms with Gasteiger partial charge in [-0.1, -0.05) is 18.1 Å². The van der Waals surface area contributed by atoms with Crippen LogP contribution in [-0.4, -0.2) is 27.0 Å². The van der Waals surface area contributed by atoms with Crippen LogP contribution in [0.2, 0.25) is 0 Å². The van der Waals surface area contributed by atoms with Gasteiger partial charge in [0.25, 0.3) is 5.91 Å². The van der Waals surface area contributed by atoms with E-state index in [2.05, 4.69) is 21.5 Å². The van der Waals surface area contributed by atoms with Crippen molar-refractivity contribution in [3.63, 3.8) is 0 Å². The predicted octanol–water partition coefficient (Wildman–Crippen LogP) is 2.74. The normalized spacial score (nSPS) is 15.5. The third-order valence-electron chi connectivity index (χ3n) is 3.94. The van der Waals surface area contributed by atoms with E-state index in [9.17, 15) is 4.79 Å². The summed E-state index contributed by atoms with van der Waals surface area (Å²) in [6, 6.07) is 0. The Morgan fingerprint density at radius 2 is 2.24 bits per heavy atom. The van der Waals surface area contributed by atoms with Gasteiger partial charge in [-0.2, -0.15) is 5.10 Å². The van der Waals surface area contributed by atoms with Gasteiger partial charge >= 0.3 is 0 Å². The average Bonchev–Trinajstić information content (AvgIpc) is 2.77. The topological polar surface area (TPSA) is 59.3 Å². The molecule has 21 heavy (non-hydrogen) atoms. The van der Waals surface area contributed by atoms with Gasteiger partial charge in [0.2, 0.25) is 0 Å². The first kappa shape index (κ1) is 13.8. The third-order valence-corrected chi connectivity index (χ3v) is 3.94. The molecule has 5 nitrogen and oxygen atoms in total. The third kappa shape index (κ3) is 3.29. The number of hydrogen-bond donors (Lipinski definition) is 1. The van der Waals surface area contributed by atoms with Crippen LogP contribution in [0.4, 0.5) is 0 Å². The Hall–Kier alpha value is -2.17. The lowest BCUT2D eigenvalue weighted by molar-refractivity contribution is 0.0955. The van der Waals surface area contributed by atoms with Crippen molar-refractivity contribution in [3.05, 3.63) is 42.0 Å². The number of carbonyl (C=O) groups is 1. The molecule has 5 heteroatoms. The van der Waals surface area contributed by atoms with Crippen LogP contribution < -0.4 is 5.32 Å². The molecule has 0 saturated carbocycles. The van der Waals surface area contributed by atoms with E-state index in [1.807, 2.05) is 0 Å². The van der Waals surface area contributed by atoms with E-state index in [4.69, 9.17) is 0 Å². The van der Waals surface area contributed by atoms with Gasteiger partial charge in [-0.05, 0) is 32.1 Å². The lowest BCUT2D eigenvalue weighted by Gasteiger charge is -2.07. The van der Waals surface area contributed by atoms with E-state index in [0.717, 1.165) is 11.9 Å². The fourth-order valence-corrected chi connectivity index (χ4v) is 2.75. The largest absolute Gasteiger partial charge is 0.352 e. The molecule has 1 N–H and O–H groups in total. The van der Waals surface area contributed by atoms with Crippen LogP contribution in [0.5, 0.6) is 0 Å². The second kappa shape index (κ2) is 6.52. The molecular weight excluding hydrogens is 264 g/mol. The van der Waals surface area contributed by atoms with Crippen molar-refractivity contribution in [1.82, 2.24) is 19.9 Å². The van der Waals surface area contributed by atoms with Gasteiger partial charge in [0, 0.05) is 18.9 Å².